The first kappa shape index (κ1) is 22.1. The lowest BCUT2D eigenvalue weighted by Crippen LogP contribution is -2.18. The van der Waals surface area contributed by atoms with E-state index in [2.05, 4.69) is 30.6 Å². The van der Waals surface area contributed by atoms with Gasteiger partial charge in [0.15, 0.2) is 0 Å². The zero-order chi connectivity index (χ0) is 20.8. The lowest BCUT2D eigenvalue weighted by atomic mass is 10.3. The Bertz CT molecular complexity index is 704. The van der Waals surface area contributed by atoms with Crippen molar-refractivity contribution in [1.29, 1.82) is 0 Å². The summed E-state index contributed by atoms with van der Waals surface area (Å²) in [6.45, 7) is 0. The topological polar surface area (TPSA) is 176 Å². The minimum absolute atomic E-state index is 0.270. The fraction of sp³-hybridized carbons (Fsp3) is 0.250. The van der Waals surface area contributed by atoms with Crippen LogP contribution in [0, 0.1) is 0 Å². The summed E-state index contributed by atoms with van der Waals surface area (Å²) in [5, 5.41) is 16.9. The summed E-state index contributed by atoms with van der Waals surface area (Å²) < 4.78 is 0. The molecule has 0 saturated heterocycles. The summed E-state index contributed by atoms with van der Waals surface area (Å²) >= 11 is 0. The molecule has 0 aliphatic carbocycles. The number of nitrogens with zero attached hydrogens (tertiary/aromatic N) is 2. The number of benzene rings is 1. The van der Waals surface area contributed by atoms with E-state index in [1.54, 1.807) is 24.3 Å². The minimum atomic E-state index is -1.10. The quantitative estimate of drug-likeness (QED) is 0.226. The fourth-order valence-corrected chi connectivity index (χ4v) is 1.56. The molecule has 0 radical (unpaired) electrons. The van der Waals surface area contributed by atoms with Gasteiger partial charge in [-0.25, -0.2) is 30.5 Å². The third kappa shape index (κ3) is 10.8. The van der Waals surface area contributed by atoms with Gasteiger partial charge in [0, 0.05) is 0 Å². The molecule has 0 aliphatic rings. The first-order chi connectivity index (χ1) is 13.4. The van der Waals surface area contributed by atoms with Gasteiger partial charge in [-0.15, -0.1) is 0 Å². The number of hydrogen-bond acceptors (Lipinski definition) is 8. The van der Waals surface area contributed by atoms with E-state index >= 15 is 0 Å². The number of rotatable bonds is 12. The lowest BCUT2D eigenvalue weighted by molar-refractivity contribution is -0.150. The second kappa shape index (κ2) is 12.4. The van der Waals surface area contributed by atoms with Crippen molar-refractivity contribution >= 4 is 47.9 Å². The first-order valence-corrected chi connectivity index (χ1v) is 7.86. The molecule has 0 saturated carbocycles. The maximum Gasteiger partial charge on any atom is 0.332 e. The fourth-order valence-electron chi connectivity index (χ4n) is 1.56. The van der Waals surface area contributed by atoms with Crippen LogP contribution in [0.4, 0.5) is 11.4 Å². The Morgan fingerprint density at radius 2 is 1.25 bits per heavy atom. The Kier molecular flexibility index (Phi) is 9.78. The molecule has 28 heavy (non-hydrogen) atoms. The Balaban J connectivity index is 2.38. The molecular weight excluding hydrogens is 376 g/mol. The molecule has 12 heteroatoms. The maximum atomic E-state index is 11.2. The predicted octanol–water partition coefficient (Wildman–Crippen LogP) is 0.831. The molecule has 0 aliphatic heterocycles. The molecule has 4 N–H and O–H groups in total. The normalized spacial score (nSPS) is 10.6. The number of hydrogen-bond donors (Lipinski definition) is 4. The largest absolute Gasteiger partial charge is 0.481 e. The monoisotopic (exact) mass is 394 g/mol. The number of hydroxylamine groups is 2. The van der Waals surface area contributed by atoms with Gasteiger partial charge in [0.2, 0.25) is 0 Å². The Hall–Kier alpha value is -3.96. The van der Waals surface area contributed by atoms with Crippen LogP contribution < -0.4 is 11.0 Å². The minimum Gasteiger partial charge on any atom is -0.481 e. The number of carbonyl (C=O) groups is 4. The molecule has 12 nitrogen and oxygen atoms in total. The van der Waals surface area contributed by atoms with Gasteiger partial charge in [0.1, 0.15) is 12.7 Å². The van der Waals surface area contributed by atoms with Crippen molar-refractivity contribution in [3.8, 4) is 0 Å². The van der Waals surface area contributed by atoms with Crippen LogP contribution in [0.3, 0.4) is 0 Å². The van der Waals surface area contributed by atoms with E-state index in [9.17, 15) is 19.2 Å². The van der Waals surface area contributed by atoms with Gasteiger partial charge in [-0.2, -0.15) is 0 Å². The molecule has 0 spiro atoms. The summed E-state index contributed by atoms with van der Waals surface area (Å²) in [5.41, 5.74) is 5.28. The van der Waals surface area contributed by atoms with E-state index in [0.29, 0.717) is 11.4 Å². The highest BCUT2D eigenvalue weighted by atomic mass is 16.7. The second-order valence-electron chi connectivity index (χ2n) is 5.01. The average molecular weight is 394 g/mol. The molecule has 0 atom stereocenters. The maximum absolute atomic E-state index is 11.2. The SMILES string of the molecule is O=C(O)CCC(=O)ONC=Nc1cccc(N=CNOC(=O)CCC(=O)O)c1. The molecule has 0 heterocycles. The van der Waals surface area contributed by atoms with Gasteiger partial charge < -0.3 is 19.9 Å². The number of nitrogens with one attached hydrogen (secondary N) is 2. The summed E-state index contributed by atoms with van der Waals surface area (Å²) in [7, 11) is 0. The highest BCUT2D eigenvalue weighted by Crippen LogP contribution is 2.19. The van der Waals surface area contributed by atoms with E-state index in [1.165, 1.54) is 0 Å². The number of aliphatic imine (C=N–C) groups is 2. The van der Waals surface area contributed by atoms with E-state index in [-0.39, 0.29) is 25.7 Å². The average Bonchev–Trinajstić information content (AvgIpc) is 2.65. The molecule has 1 rings (SSSR count). The van der Waals surface area contributed by atoms with Crippen molar-refractivity contribution < 1.29 is 39.1 Å². The molecule has 0 unspecified atom stereocenters. The van der Waals surface area contributed by atoms with Gasteiger partial charge in [0.05, 0.1) is 37.1 Å². The highest BCUT2D eigenvalue weighted by molar-refractivity contribution is 5.78. The van der Waals surface area contributed by atoms with E-state index < -0.39 is 23.9 Å². The lowest BCUT2D eigenvalue weighted by Gasteiger charge is -2.02. The van der Waals surface area contributed by atoms with Crippen molar-refractivity contribution in [3.63, 3.8) is 0 Å². The Labute approximate surface area is 158 Å². The van der Waals surface area contributed by atoms with Crippen LogP contribution in [0.2, 0.25) is 0 Å². The van der Waals surface area contributed by atoms with Crippen LogP contribution in [0.15, 0.2) is 34.3 Å². The van der Waals surface area contributed by atoms with Gasteiger partial charge in [0.25, 0.3) is 0 Å². The van der Waals surface area contributed by atoms with Gasteiger partial charge in [-0.1, -0.05) is 6.07 Å². The first-order valence-electron chi connectivity index (χ1n) is 7.86. The Morgan fingerprint density at radius 3 is 1.64 bits per heavy atom. The molecule has 1 aromatic rings. The summed E-state index contributed by atoms with van der Waals surface area (Å²) in [5.74, 6) is -3.69. The smallest absolute Gasteiger partial charge is 0.332 e. The molecule has 150 valence electrons. The molecule has 0 bridgehead atoms. The third-order valence-corrected chi connectivity index (χ3v) is 2.79. The molecule has 0 amide bonds. The molecule has 1 aromatic carbocycles. The summed E-state index contributed by atoms with van der Waals surface area (Å²) in [6, 6.07) is 6.50. The zero-order valence-corrected chi connectivity index (χ0v) is 14.5. The van der Waals surface area contributed by atoms with Crippen LogP contribution in [0.1, 0.15) is 25.7 Å². The number of carboxylic acid groups (broad SMARTS) is 2. The van der Waals surface area contributed by atoms with E-state index in [4.69, 9.17) is 10.2 Å². The standard InChI is InChI=1S/C16H18N4O8/c21-13(22)4-6-15(25)27-19-9-17-11-2-1-3-12(8-11)18-10-20-28-16(26)7-5-14(23)24/h1-3,8-10H,4-7H2,(H,17,19)(H,18,20)(H,21,22)(H,23,24). The van der Waals surface area contributed by atoms with Crippen LogP contribution in [0.5, 0.6) is 0 Å². The van der Waals surface area contributed by atoms with Gasteiger partial charge in [-0.3, -0.25) is 9.59 Å². The second-order valence-corrected chi connectivity index (χ2v) is 5.01. The van der Waals surface area contributed by atoms with Gasteiger partial charge >= 0.3 is 23.9 Å². The summed E-state index contributed by atoms with van der Waals surface area (Å²) in [4.78, 5) is 60.0. The van der Waals surface area contributed by atoms with Gasteiger partial charge in [-0.05, 0) is 18.2 Å². The Morgan fingerprint density at radius 1 is 0.821 bits per heavy atom. The predicted molar refractivity (Wildman–Crippen MR) is 94.9 cm³/mol. The number of carbonyl (C=O) groups excluding carboxylic acids is 2. The number of aliphatic carboxylic acids is 2. The van der Waals surface area contributed by atoms with Crippen LogP contribution in [-0.4, -0.2) is 46.8 Å². The zero-order valence-electron chi connectivity index (χ0n) is 14.5. The van der Waals surface area contributed by atoms with Crippen LogP contribution >= 0.6 is 0 Å². The van der Waals surface area contributed by atoms with E-state index in [1.807, 2.05) is 0 Å². The summed E-state index contributed by atoms with van der Waals surface area (Å²) in [6.07, 6.45) is 0.998. The van der Waals surface area contributed by atoms with Crippen molar-refractivity contribution in [1.82, 2.24) is 11.0 Å². The highest BCUT2D eigenvalue weighted by Gasteiger charge is 2.06. The van der Waals surface area contributed by atoms with Crippen molar-refractivity contribution in [2.45, 2.75) is 25.7 Å². The molecule has 0 fully saturated rings. The van der Waals surface area contributed by atoms with Crippen LogP contribution in [0.25, 0.3) is 0 Å². The van der Waals surface area contributed by atoms with Crippen molar-refractivity contribution in [2.24, 2.45) is 9.98 Å². The van der Waals surface area contributed by atoms with Crippen molar-refractivity contribution in [3.05, 3.63) is 24.3 Å². The van der Waals surface area contributed by atoms with E-state index in [0.717, 1.165) is 12.7 Å². The van der Waals surface area contributed by atoms with Crippen molar-refractivity contribution in [2.75, 3.05) is 0 Å². The molecule has 0 aromatic heterocycles. The third-order valence-electron chi connectivity index (χ3n) is 2.79. The van der Waals surface area contributed by atoms with Crippen LogP contribution in [-0.2, 0) is 28.9 Å². The molecular formula is C16H18N4O8. The number of carboxylic acids is 2.